The molecule has 0 spiro atoms. The highest BCUT2D eigenvalue weighted by atomic mass is 35.5. The topological polar surface area (TPSA) is 80.3 Å². The van der Waals surface area contributed by atoms with Crippen molar-refractivity contribution in [3.05, 3.63) is 39.9 Å². The van der Waals surface area contributed by atoms with Gasteiger partial charge in [0.25, 0.3) is 0 Å². The molecule has 2 amide bonds. The maximum absolute atomic E-state index is 12.5. The molecule has 1 aromatic heterocycles. The number of halogens is 1. The van der Waals surface area contributed by atoms with E-state index in [9.17, 15) is 9.59 Å². The molecule has 2 heterocycles. The molecular formula is C23H26ClN3O3S. The minimum atomic E-state index is -0.330. The van der Waals surface area contributed by atoms with E-state index in [1.807, 2.05) is 6.92 Å². The van der Waals surface area contributed by atoms with Crippen LogP contribution in [0.15, 0.2) is 24.3 Å². The van der Waals surface area contributed by atoms with Crippen molar-refractivity contribution in [2.24, 2.45) is 23.2 Å². The SMILES string of the molecule is C[C@@H]1C(=O)O[C@H]2[C@H]1CC[C@@]1(C)Cc3sc(NC(=O)Nc4ccc(Cl)cc4)nc3[C@@H](C)[C@H]21. The van der Waals surface area contributed by atoms with Gasteiger partial charge in [-0.3, -0.25) is 10.1 Å². The third-order valence-electron chi connectivity index (χ3n) is 7.48. The van der Waals surface area contributed by atoms with Gasteiger partial charge in [0.1, 0.15) is 6.10 Å². The van der Waals surface area contributed by atoms with E-state index < -0.39 is 0 Å². The Hall–Kier alpha value is -2.12. The normalized spacial score (nSPS) is 33.7. The van der Waals surface area contributed by atoms with Crippen molar-refractivity contribution in [3.63, 3.8) is 0 Å². The summed E-state index contributed by atoms with van der Waals surface area (Å²) in [7, 11) is 0. The number of hydrogen-bond acceptors (Lipinski definition) is 5. The Bertz CT molecular complexity index is 1040. The maximum atomic E-state index is 12.5. The van der Waals surface area contributed by atoms with E-state index in [0.29, 0.717) is 21.8 Å². The van der Waals surface area contributed by atoms with Crippen LogP contribution in [-0.4, -0.2) is 23.1 Å². The van der Waals surface area contributed by atoms with Gasteiger partial charge in [0.05, 0.1) is 11.6 Å². The van der Waals surface area contributed by atoms with Gasteiger partial charge in [-0.25, -0.2) is 9.78 Å². The molecule has 8 heteroatoms. The molecule has 164 valence electrons. The first-order chi connectivity index (χ1) is 14.7. The van der Waals surface area contributed by atoms with Crippen molar-refractivity contribution in [2.75, 3.05) is 10.6 Å². The molecule has 6 atom stereocenters. The lowest BCUT2D eigenvalue weighted by molar-refractivity contribution is -0.149. The van der Waals surface area contributed by atoms with Gasteiger partial charge in [0.2, 0.25) is 0 Å². The highest BCUT2D eigenvalue weighted by Gasteiger charge is 2.58. The average molecular weight is 460 g/mol. The van der Waals surface area contributed by atoms with E-state index in [1.54, 1.807) is 35.6 Å². The molecular weight excluding hydrogens is 434 g/mol. The quantitative estimate of drug-likeness (QED) is 0.565. The maximum Gasteiger partial charge on any atom is 0.325 e. The lowest BCUT2D eigenvalue weighted by Gasteiger charge is -2.51. The number of benzene rings is 1. The summed E-state index contributed by atoms with van der Waals surface area (Å²) in [6.07, 6.45) is 2.99. The van der Waals surface area contributed by atoms with Crippen LogP contribution in [0.5, 0.6) is 0 Å². The smallest absolute Gasteiger partial charge is 0.325 e. The Morgan fingerprint density at radius 1 is 1.23 bits per heavy atom. The third-order valence-corrected chi connectivity index (χ3v) is 8.72. The number of rotatable bonds is 2. The predicted molar refractivity (Wildman–Crippen MR) is 122 cm³/mol. The van der Waals surface area contributed by atoms with Gasteiger partial charge in [-0.2, -0.15) is 0 Å². The van der Waals surface area contributed by atoms with E-state index in [1.165, 1.54) is 4.88 Å². The zero-order valence-electron chi connectivity index (χ0n) is 17.8. The molecule has 1 saturated carbocycles. The lowest BCUT2D eigenvalue weighted by atomic mass is 9.54. The van der Waals surface area contributed by atoms with Gasteiger partial charge in [0.15, 0.2) is 5.13 Å². The van der Waals surface area contributed by atoms with Crippen molar-refractivity contribution in [1.82, 2.24) is 4.98 Å². The third kappa shape index (κ3) is 3.52. The summed E-state index contributed by atoms with van der Waals surface area (Å²) < 4.78 is 5.89. The number of thiazole rings is 1. The lowest BCUT2D eigenvalue weighted by Crippen LogP contribution is -2.50. The van der Waals surface area contributed by atoms with Crippen LogP contribution in [0.2, 0.25) is 5.02 Å². The Balaban J connectivity index is 1.36. The zero-order chi connectivity index (χ0) is 21.9. The molecule has 6 nitrogen and oxygen atoms in total. The molecule has 0 radical (unpaired) electrons. The van der Waals surface area contributed by atoms with E-state index >= 15 is 0 Å². The number of carbonyl (C=O) groups excluding carboxylic acids is 2. The van der Waals surface area contributed by atoms with Crippen LogP contribution in [0, 0.1) is 23.2 Å². The number of amides is 2. The number of ether oxygens (including phenoxy) is 1. The van der Waals surface area contributed by atoms with Crippen molar-refractivity contribution in [1.29, 1.82) is 0 Å². The number of carbonyl (C=O) groups is 2. The van der Waals surface area contributed by atoms with Crippen LogP contribution < -0.4 is 10.6 Å². The molecule has 1 saturated heterocycles. The van der Waals surface area contributed by atoms with E-state index in [0.717, 1.165) is 25.0 Å². The number of esters is 1. The van der Waals surface area contributed by atoms with Gasteiger partial charge in [-0.15, -0.1) is 11.3 Å². The summed E-state index contributed by atoms with van der Waals surface area (Å²) in [5.41, 5.74) is 1.77. The summed E-state index contributed by atoms with van der Waals surface area (Å²) in [6, 6.07) is 6.63. The second-order valence-electron chi connectivity index (χ2n) is 9.45. The van der Waals surface area contributed by atoms with Crippen LogP contribution in [0.25, 0.3) is 0 Å². The first kappa shape index (κ1) is 20.8. The molecule has 31 heavy (non-hydrogen) atoms. The van der Waals surface area contributed by atoms with Gasteiger partial charge in [0, 0.05) is 33.3 Å². The van der Waals surface area contributed by atoms with Crippen LogP contribution in [0.1, 0.15) is 50.1 Å². The summed E-state index contributed by atoms with van der Waals surface area (Å²) in [5, 5.41) is 6.90. The monoisotopic (exact) mass is 459 g/mol. The zero-order valence-corrected chi connectivity index (χ0v) is 19.3. The number of anilines is 2. The average Bonchev–Trinajstić information content (AvgIpc) is 3.23. The molecule has 1 aliphatic heterocycles. The van der Waals surface area contributed by atoms with E-state index in [2.05, 4.69) is 24.5 Å². The van der Waals surface area contributed by atoms with Gasteiger partial charge in [-0.05, 0) is 48.9 Å². The molecule has 2 N–H and O–H groups in total. The minimum Gasteiger partial charge on any atom is -0.461 e. The number of hydrogen-bond donors (Lipinski definition) is 2. The first-order valence-corrected chi connectivity index (χ1v) is 12.0. The minimum absolute atomic E-state index is 0.0210. The highest BCUT2D eigenvalue weighted by Crippen LogP contribution is 2.59. The molecule has 2 aliphatic carbocycles. The van der Waals surface area contributed by atoms with Gasteiger partial charge < -0.3 is 10.1 Å². The fourth-order valence-electron chi connectivity index (χ4n) is 5.92. The Morgan fingerprint density at radius 2 is 1.97 bits per heavy atom. The first-order valence-electron chi connectivity index (χ1n) is 10.8. The predicted octanol–water partition coefficient (Wildman–Crippen LogP) is 5.69. The number of aromatic nitrogens is 1. The van der Waals surface area contributed by atoms with E-state index in [-0.39, 0.29) is 41.3 Å². The molecule has 2 fully saturated rings. The Kier molecular flexibility index (Phi) is 5.01. The highest BCUT2D eigenvalue weighted by molar-refractivity contribution is 7.15. The molecule has 0 bridgehead atoms. The second-order valence-corrected chi connectivity index (χ2v) is 11.0. The Morgan fingerprint density at radius 3 is 2.71 bits per heavy atom. The molecule has 0 unspecified atom stereocenters. The van der Waals surface area contributed by atoms with Crippen LogP contribution >= 0.6 is 22.9 Å². The molecule has 1 aromatic carbocycles. The van der Waals surface area contributed by atoms with Crippen molar-refractivity contribution in [2.45, 2.75) is 52.1 Å². The van der Waals surface area contributed by atoms with Crippen LogP contribution in [-0.2, 0) is 16.0 Å². The number of fused-ring (bicyclic) bond motifs is 4. The van der Waals surface area contributed by atoms with Crippen LogP contribution in [0.3, 0.4) is 0 Å². The molecule has 2 aromatic rings. The number of nitrogens with zero attached hydrogens (tertiary/aromatic N) is 1. The summed E-state index contributed by atoms with van der Waals surface area (Å²) >= 11 is 7.45. The largest absolute Gasteiger partial charge is 0.461 e. The number of urea groups is 1. The van der Waals surface area contributed by atoms with Gasteiger partial charge >= 0.3 is 12.0 Å². The van der Waals surface area contributed by atoms with Crippen molar-refractivity contribution < 1.29 is 14.3 Å². The standard InChI is InChI=1S/C23H26ClN3O3S/c1-11-15-8-9-23(3)10-16-18(12(2)17(23)19(15)30-20(11)28)26-22(31-16)27-21(29)25-14-6-4-13(24)5-7-14/h4-7,11-12,15,17,19H,8-10H2,1-3H3,(H2,25,26,27,29)/t11-,12-,15-,17+,19-,23-/m0/s1. The van der Waals surface area contributed by atoms with E-state index in [4.69, 9.17) is 21.3 Å². The number of nitrogens with one attached hydrogen (secondary N) is 2. The fourth-order valence-corrected chi connectivity index (χ4v) is 7.31. The second kappa shape index (κ2) is 7.48. The summed E-state index contributed by atoms with van der Waals surface area (Å²) in [5.74, 6) is 0.649. The summed E-state index contributed by atoms with van der Waals surface area (Å²) in [6.45, 7) is 6.51. The molecule has 3 aliphatic rings. The molecule has 5 rings (SSSR count). The Labute approximate surface area is 190 Å². The van der Waals surface area contributed by atoms with Gasteiger partial charge in [-0.1, -0.05) is 32.4 Å². The van der Waals surface area contributed by atoms with Crippen molar-refractivity contribution >= 4 is 45.8 Å². The van der Waals surface area contributed by atoms with Crippen LogP contribution in [0.4, 0.5) is 15.6 Å². The van der Waals surface area contributed by atoms with Crippen molar-refractivity contribution in [3.8, 4) is 0 Å². The summed E-state index contributed by atoms with van der Waals surface area (Å²) in [4.78, 5) is 30.7. The fraction of sp³-hybridized carbons (Fsp3) is 0.522.